The van der Waals surface area contributed by atoms with Gasteiger partial charge < -0.3 is 19.7 Å². The van der Waals surface area contributed by atoms with E-state index in [-0.39, 0.29) is 25.0 Å². The maximum atomic E-state index is 12.9. The second-order valence-corrected chi connectivity index (χ2v) is 7.84. The number of pyridine rings is 1. The lowest BCUT2D eigenvalue weighted by molar-refractivity contribution is -0.0929. The third-order valence-electron chi connectivity index (χ3n) is 6.05. The van der Waals surface area contributed by atoms with Crippen LogP contribution in [-0.4, -0.2) is 64.7 Å². The largest absolute Gasteiger partial charge is 0.414 e. The van der Waals surface area contributed by atoms with Crippen molar-refractivity contribution in [2.45, 2.75) is 32.0 Å². The SMILES string of the molecule is C[C@@H]1CCN(C(=O)N2C=C(C(F)(F)F)CC2)CC1N(C)c1ccnc2[nH]ccc12. The number of aromatic nitrogens is 2. The van der Waals surface area contributed by atoms with Gasteiger partial charge in [-0.05, 0) is 30.9 Å². The molecule has 6 nitrogen and oxygen atoms in total. The highest BCUT2D eigenvalue weighted by atomic mass is 19.4. The van der Waals surface area contributed by atoms with Crippen molar-refractivity contribution in [2.75, 3.05) is 31.6 Å². The average Bonchev–Trinajstić information content (AvgIpc) is 3.36. The molecule has 0 bridgehead atoms. The smallest absolute Gasteiger partial charge is 0.369 e. The number of halogens is 3. The van der Waals surface area contributed by atoms with Crippen molar-refractivity contribution in [3.8, 4) is 0 Å². The van der Waals surface area contributed by atoms with E-state index in [2.05, 4.69) is 21.8 Å². The number of H-pyrrole nitrogens is 1. The molecular weight excluding hydrogens is 383 g/mol. The molecule has 1 fully saturated rings. The van der Waals surface area contributed by atoms with E-state index in [9.17, 15) is 18.0 Å². The molecular formula is C20H24F3N5O. The Bertz CT molecular complexity index is 938. The number of fused-ring (bicyclic) bond motifs is 1. The van der Waals surface area contributed by atoms with Crippen LogP contribution in [0, 0.1) is 5.92 Å². The molecule has 1 saturated heterocycles. The van der Waals surface area contributed by atoms with Crippen LogP contribution >= 0.6 is 0 Å². The van der Waals surface area contributed by atoms with E-state index in [1.54, 1.807) is 11.1 Å². The summed E-state index contributed by atoms with van der Waals surface area (Å²) in [7, 11) is 1.99. The van der Waals surface area contributed by atoms with E-state index in [1.807, 2.05) is 25.4 Å². The molecule has 2 amide bonds. The Morgan fingerprint density at radius 1 is 1.31 bits per heavy atom. The summed E-state index contributed by atoms with van der Waals surface area (Å²) in [6.07, 6.45) is 0.821. The van der Waals surface area contributed by atoms with Gasteiger partial charge in [0.05, 0.1) is 5.57 Å². The fourth-order valence-corrected chi connectivity index (χ4v) is 4.26. The number of likely N-dealkylation sites (N-methyl/N-ethyl adjacent to an activating group) is 1. The topological polar surface area (TPSA) is 55.5 Å². The van der Waals surface area contributed by atoms with Crippen LogP contribution in [0.4, 0.5) is 23.7 Å². The van der Waals surface area contributed by atoms with Gasteiger partial charge in [0.2, 0.25) is 0 Å². The number of piperidine rings is 1. The van der Waals surface area contributed by atoms with Crippen molar-refractivity contribution in [3.05, 3.63) is 36.3 Å². The Morgan fingerprint density at radius 3 is 2.83 bits per heavy atom. The average molecular weight is 407 g/mol. The number of aromatic amines is 1. The summed E-state index contributed by atoms with van der Waals surface area (Å²) in [4.78, 5) is 25.3. The highest BCUT2D eigenvalue weighted by Crippen LogP contribution is 2.34. The molecule has 4 heterocycles. The lowest BCUT2D eigenvalue weighted by Crippen LogP contribution is -2.54. The van der Waals surface area contributed by atoms with E-state index in [0.717, 1.165) is 29.3 Å². The number of hydrogen-bond donors (Lipinski definition) is 1. The third-order valence-corrected chi connectivity index (χ3v) is 6.05. The summed E-state index contributed by atoms with van der Waals surface area (Å²) in [6.45, 7) is 3.24. The molecule has 4 rings (SSSR count). The van der Waals surface area contributed by atoms with Crippen LogP contribution in [0.15, 0.2) is 36.3 Å². The predicted octanol–water partition coefficient (Wildman–Crippen LogP) is 3.98. The van der Waals surface area contributed by atoms with Crippen molar-refractivity contribution in [3.63, 3.8) is 0 Å². The molecule has 1 N–H and O–H groups in total. The molecule has 0 radical (unpaired) electrons. The summed E-state index contributed by atoms with van der Waals surface area (Å²) in [6, 6.07) is 3.62. The molecule has 2 aromatic rings. The lowest BCUT2D eigenvalue weighted by Gasteiger charge is -2.43. The first kappa shape index (κ1) is 19.6. The fraction of sp³-hybridized carbons (Fsp3) is 0.500. The zero-order valence-corrected chi connectivity index (χ0v) is 16.4. The number of carbonyl (C=O) groups is 1. The van der Waals surface area contributed by atoms with Gasteiger partial charge in [0.25, 0.3) is 0 Å². The molecule has 0 aliphatic carbocycles. The van der Waals surface area contributed by atoms with Crippen molar-refractivity contribution in [2.24, 2.45) is 5.92 Å². The van der Waals surface area contributed by atoms with E-state index < -0.39 is 11.7 Å². The minimum absolute atomic E-state index is 0.0573. The Balaban J connectivity index is 1.52. The monoisotopic (exact) mass is 407 g/mol. The molecule has 2 aliphatic heterocycles. The third kappa shape index (κ3) is 3.65. The Hall–Kier alpha value is -2.71. The van der Waals surface area contributed by atoms with Gasteiger partial charge in [0.1, 0.15) is 5.65 Å². The number of carbonyl (C=O) groups excluding carboxylic acids is 1. The number of nitrogens with one attached hydrogen (secondary N) is 1. The molecule has 0 saturated carbocycles. The summed E-state index contributed by atoms with van der Waals surface area (Å²) < 4.78 is 38.7. The molecule has 29 heavy (non-hydrogen) atoms. The molecule has 156 valence electrons. The van der Waals surface area contributed by atoms with Crippen molar-refractivity contribution < 1.29 is 18.0 Å². The van der Waals surface area contributed by atoms with Crippen LogP contribution in [-0.2, 0) is 0 Å². The number of hydrogen-bond acceptors (Lipinski definition) is 3. The molecule has 0 spiro atoms. The van der Waals surface area contributed by atoms with Crippen molar-refractivity contribution in [1.82, 2.24) is 19.8 Å². The first-order valence-corrected chi connectivity index (χ1v) is 9.74. The lowest BCUT2D eigenvalue weighted by atomic mass is 9.92. The zero-order chi connectivity index (χ0) is 20.8. The number of urea groups is 1. The molecule has 2 aromatic heterocycles. The van der Waals surface area contributed by atoms with Gasteiger partial charge in [-0.1, -0.05) is 6.92 Å². The molecule has 2 atom stereocenters. The number of alkyl halides is 3. The van der Waals surface area contributed by atoms with Gasteiger partial charge in [-0.3, -0.25) is 0 Å². The van der Waals surface area contributed by atoms with Gasteiger partial charge in [-0.2, -0.15) is 13.2 Å². The number of likely N-dealkylation sites (tertiary alicyclic amines) is 1. The summed E-state index contributed by atoms with van der Waals surface area (Å²) in [5.74, 6) is 0.339. The first-order valence-electron chi connectivity index (χ1n) is 9.74. The van der Waals surface area contributed by atoms with Crippen LogP contribution < -0.4 is 4.90 Å². The van der Waals surface area contributed by atoms with Gasteiger partial charge in [-0.15, -0.1) is 0 Å². The molecule has 9 heteroatoms. The van der Waals surface area contributed by atoms with Crippen LogP contribution in [0.5, 0.6) is 0 Å². The van der Waals surface area contributed by atoms with Crippen molar-refractivity contribution in [1.29, 1.82) is 0 Å². The minimum atomic E-state index is -4.38. The van der Waals surface area contributed by atoms with Crippen LogP contribution in [0.2, 0.25) is 0 Å². The Morgan fingerprint density at radius 2 is 2.10 bits per heavy atom. The fourth-order valence-electron chi connectivity index (χ4n) is 4.26. The predicted molar refractivity (Wildman–Crippen MR) is 104 cm³/mol. The molecule has 1 unspecified atom stereocenters. The first-order chi connectivity index (χ1) is 13.8. The van der Waals surface area contributed by atoms with Gasteiger partial charge in [0, 0.05) is 62.4 Å². The summed E-state index contributed by atoms with van der Waals surface area (Å²) >= 11 is 0. The minimum Gasteiger partial charge on any atom is -0.369 e. The van der Waals surface area contributed by atoms with Gasteiger partial charge >= 0.3 is 12.2 Å². The molecule has 2 aliphatic rings. The van der Waals surface area contributed by atoms with Gasteiger partial charge in [0.15, 0.2) is 0 Å². The van der Waals surface area contributed by atoms with E-state index in [0.29, 0.717) is 19.0 Å². The van der Waals surface area contributed by atoms with Crippen LogP contribution in [0.1, 0.15) is 19.8 Å². The maximum Gasteiger partial charge on any atom is 0.414 e. The maximum absolute atomic E-state index is 12.9. The highest BCUT2D eigenvalue weighted by molar-refractivity contribution is 5.89. The van der Waals surface area contributed by atoms with Crippen LogP contribution in [0.25, 0.3) is 11.0 Å². The van der Waals surface area contributed by atoms with Crippen molar-refractivity contribution >= 4 is 22.8 Å². The second kappa shape index (κ2) is 7.27. The quantitative estimate of drug-likeness (QED) is 0.819. The van der Waals surface area contributed by atoms with Gasteiger partial charge in [-0.25, -0.2) is 9.78 Å². The number of anilines is 1. The number of nitrogens with zero attached hydrogens (tertiary/aromatic N) is 4. The Kier molecular flexibility index (Phi) is 4.92. The summed E-state index contributed by atoms with van der Waals surface area (Å²) in [5, 5.41) is 1.00. The highest BCUT2D eigenvalue weighted by Gasteiger charge is 2.40. The van der Waals surface area contributed by atoms with Crippen LogP contribution in [0.3, 0.4) is 0 Å². The van der Waals surface area contributed by atoms with E-state index in [4.69, 9.17) is 0 Å². The number of rotatable bonds is 2. The van der Waals surface area contributed by atoms with E-state index in [1.165, 1.54) is 4.90 Å². The molecule has 0 aromatic carbocycles. The summed E-state index contributed by atoms with van der Waals surface area (Å²) in [5.41, 5.74) is 1.17. The number of amides is 2. The normalized spacial score (nSPS) is 22.9. The second-order valence-electron chi connectivity index (χ2n) is 7.84. The Labute approximate surface area is 167 Å². The van der Waals surface area contributed by atoms with E-state index >= 15 is 0 Å². The standard InChI is InChI=1S/C20H24F3N5O/c1-13-5-9-28(19(29)27-10-6-14(11-27)20(21,22)23)12-17(13)26(2)16-4-8-25-18-15(16)3-7-24-18/h3-4,7-8,11,13,17H,5-6,9-10,12H2,1-2H3,(H,24,25)/t13-,17?/m1/s1. The zero-order valence-electron chi connectivity index (χ0n) is 16.4.